The van der Waals surface area contributed by atoms with Crippen LogP contribution in [0, 0.1) is 0 Å². The smallest absolute Gasteiger partial charge is 0.335 e. The quantitative estimate of drug-likeness (QED) is 0.379. The standard InChI is InChI=1S/C30H43N5O7Si2/c1-16(2)43(17(3)4)39-13-22-25(41-44(42-43,18(5)6)19(7)8)24(36)30(40-22)34-15-33-23-26(34)31-14-32-27(23)35-28(37)20-11-9-10-12-21(20)29(35)38/h9-12,14-19,22-26,30,36H,13H2,1-8H3/t22-,23-,24-,25-,26+,30-/m1/s1. The first-order valence-corrected chi connectivity index (χ1v) is 19.5. The molecule has 2 saturated heterocycles. The zero-order valence-electron chi connectivity index (χ0n) is 26.6. The highest BCUT2D eigenvalue weighted by molar-refractivity contribution is 6.84. The van der Waals surface area contributed by atoms with E-state index in [-0.39, 0.29) is 34.6 Å². The maximum atomic E-state index is 13.3. The van der Waals surface area contributed by atoms with Crippen LogP contribution in [0.3, 0.4) is 0 Å². The molecule has 238 valence electrons. The number of imide groups is 1. The number of carbonyl (C=O) groups is 2. The number of ether oxygens (including phenoxy) is 1. The van der Waals surface area contributed by atoms with Crippen LogP contribution in [0.15, 0.2) is 39.2 Å². The number of aliphatic hydroxyl groups is 1. The van der Waals surface area contributed by atoms with Crippen LogP contribution in [0.1, 0.15) is 76.1 Å². The zero-order chi connectivity index (χ0) is 31.7. The van der Waals surface area contributed by atoms with Crippen LogP contribution < -0.4 is 0 Å². The Kier molecular flexibility index (Phi) is 8.08. The maximum absolute atomic E-state index is 13.3. The number of amidine groups is 1. The minimum absolute atomic E-state index is 0.0968. The third-order valence-corrected chi connectivity index (χ3v) is 19.8. The summed E-state index contributed by atoms with van der Waals surface area (Å²) in [5, 5.41) is 11.8. The molecule has 1 N–H and O–H groups in total. The number of aliphatic hydroxyl groups excluding tert-OH is 1. The molecule has 0 bridgehead atoms. The van der Waals surface area contributed by atoms with Gasteiger partial charge in [0.2, 0.25) is 0 Å². The lowest BCUT2D eigenvalue weighted by molar-refractivity contribution is -0.0797. The lowest BCUT2D eigenvalue weighted by atomic mass is 10.1. The van der Waals surface area contributed by atoms with Gasteiger partial charge in [0, 0.05) is 0 Å². The van der Waals surface area contributed by atoms with Crippen LogP contribution in [-0.4, -0.2) is 106 Å². The van der Waals surface area contributed by atoms with Crippen LogP contribution in [0.25, 0.3) is 0 Å². The first-order chi connectivity index (χ1) is 20.8. The summed E-state index contributed by atoms with van der Waals surface area (Å²) in [4.78, 5) is 42.8. The molecule has 2 amide bonds. The highest BCUT2D eigenvalue weighted by Crippen LogP contribution is 2.48. The Morgan fingerprint density at radius 2 is 1.48 bits per heavy atom. The van der Waals surface area contributed by atoms with Gasteiger partial charge < -0.3 is 27.7 Å². The molecule has 5 aliphatic rings. The van der Waals surface area contributed by atoms with Gasteiger partial charge in [0.1, 0.15) is 30.5 Å². The summed E-state index contributed by atoms with van der Waals surface area (Å²) >= 11 is 0. The number of benzene rings is 1. The second kappa shape index (κ2) is 11.3. The van der Waals surface area contributed by atoms with Crippen molar-refractivity contribution in [3.63, 3.8) is 0 Å². The van der Waals surface area contributed by atoms with Crippen LogP contribution in [0.5, 0.6) is 0 Å². The van der Waals surface area contributed by atoms with Crippen molar-refractivity contribution in [2.75, 3.05) is 6.61 Å². The van der Waals surface area contributed by atoms with Crippen molar-refractivity contribution >= 4 is 47.4 Å². The van der Waals surface area contributed by atoms with Gasteiger partial charge in [0.15, 0.2) is 18.4 Å². The summed E-state index contributed by atoms with van der Waals surface area (Å²) in [5.74, 6) is -0.697. The van der Waals surface area contributed by atoms with Gasteiger partial charge in [-0.05, 0) is 34.3 Å². The van der Waals surface area contributed by atoms with E-state index < -0.39 is 65.7 Å². The van der Waals surface area contributed by atoms with Gasteiger partial charge in [-0.1, -0.05) is 67.5 Å². The average molecular weight is 642 g/mol. The van der Waals surface area contributed by atoms with Crippen molar-refractivity contribution < 1.29 is 32.4 Å². The van der Waals surface area contributed by atoms with E-state index in [2.05, 4.69) is 70.4 Å². The minimum Gasteiger partial charge on any atom is -0.414 e. The summed E-state index contributed by atoms with van der Waals surface area (Å²) < 4.78 is 27.7. The van der Waals surface area contributed by atoms with Gasteiger partial charge in [0.05, 0.1) is 24.1 Å². The molecule has 12 nitrogen and oxygen atoms in total. The van der Waals surface area contributed by atoms with Crippen molar-refractivity contribution in [2.45, 2.75) is 114 Å². The topological polar surface area (TPSA) is 135 Å². The zero-order valence-corrected chi connectivity index (χ0v) is 28.6. The lowest BCUT2D eigenvalue weighted by Gasteiger charge is -2.51. The largest absolute Gasteiger partial charge is 0.414 e. The van der Waals surface area contributed by atoms with E-state index >= 15 is 0 Å². The van der Waals surface area contributed by atoms with Crippen LogP contribution in [0.4, 0.5) is 0 Å². The fourth-order valence-corrected chi connectivity index (χ4v) is 18.5. The minimum atomic E-state index is -2.97. The highest BCUT2D eigenvalue weighted by atomic mass is 28.5. The average Bonchev–Trinajstić information content (AvgIpc) is 3.60. The summed E-state index contributed by atoms with van der Waals surface area (Å²) in [6, 6.07) is 5.96. The molecule has 0 aliphatic carbocycles. The van der Waals surface area contributed by atoms with Gasteiger partial charge in [-0.2, -0.15) is 0 Å². The monoisotopic (exact) mass is 641 g/mol. The summed E-state index contributed by atoms with van der Waals surface area (Å²) in [6.07, 6.45) is -0.933. The van der Waals surface area contributed by atoms with E-state index in [4.69, 9.17) is 17.7 Å². The molecule has 0 unspecified atom stereocenters. The van der Waals surface area contributed by atoms with E-state index in [1.165, 1.54) is 6.34 Å². The number of hydrogen-bond acceptors (Lipinski definition) is 11. The predicted octanol–water partition coefficient (Wildman–Crippen LogP) is 3.80. The molecule has 5 aliphatic heterocycles. The number of amides is 2. The number of fused-ring (bicyclic) bond motifs is 3. The number of hydrogen-bond donors (Lipinski definition) is 1. The first kappa shape index (κ1) is 31.4. The van der Waals surface area contributed by atoms with E-state index in [0.29, 0.717) is 11.1 Å². The Labute approximate surface area is 260 Å². The first-order valence-electron chi connectivity index (χ1n) is 15.6. The molecular formula is C30H43N5O7Si2. The van der Waals surface area contributed by atoms with Crippen molar-refractivity contribution in [3.05, 3.63) is 35.4 Å². The van der Waals surface area contributed by atoms with E-state index in [1.54, 1.807) is 35.5 Å². The highest BCUT2D eigenvalue weighted by Gasteiger charge is 2.62. The third-order valence-electron chi connectivity index (χ3n) is 9.58. The van der Waals surface area contributed by atoms with Gasteiger partial charge in [-0.15, -0.1) is 0 Å². The second-order valence-electron chi connectivity index (χ2n) is 13.4. The molecule has 2 fully saturated rings. The van der Waals surface area contributed by atoms with Crippen LogP contribution in [0.2, 0.25) is 22.2 Å². The number of carbonyl (C=O) groups excluding carboxylic acids is 2. The van der Waals surface area contributed by atoms with E-state index in [1.807, 2.05) is 0 Å². The van der Waals surface area contributed by atoms with E-state index in [9.17, 15) is 14.7 Å². The van der Waals surface area contributed by atoms with Crippen LogP contribution in [-0.2, 0) is 17.7 Å². The molecule has 1 aromatic rings. The van der Waals surface area contributed by atoms with Crippen molar-refractivity contribution in [3.8, 4) is 0 Å². The molecule has 0 radical (unpaired) electrons. The van der Waals surface area contributed by atoms with Gasteiger partial charge >= 0.3 is 17.1 Å². The third kappa shape index (κ3) is 4.60. The van der Waals surface area contributed by atoms with E-state index in [0.717, 1.165) is 4.90 Å². The fraction of sp³-hybridized carbons (Fsp3) is 0.633. The van der Waals surface area contributed by atoms with Gasteiger partial charge in [-0.25, -0.2) is 14.9 Å². The number of nitrogens with zero attached hydrogens (tertiary/aromatic N) is 5. The molecule has 1 aromatic carbocycles. The Morgan fingerprint density at radius 1 is 0.886 bits per heavy atom. The molecule has 6 atom stereocenters. The van der Waals surface area contributed by atoms with Crippen molar-refractivity contribution in [2.24, 2.45) is 15.0 Å². The predicted molar refractivity (Wildman–Crippen MR) is 169 cm³/mol. The Morgan fingerprint density at radius 3 is 2.05 bits per heavy atom. The number of aliphatic imine (C=N–C) groups is 3. The number of rotatable bonds is 5. The maximum Gasteiger partial charge on any atom is 0.335 e. The fourth-order valence-electron chi connectivity index (χ4n) is 7.24. The molecule has 44 heavy (non-hydrogen) atoms. The van der Waals surface area contributed by atoms with Crippen molar-refractivity contribution in [1.29, 1.82) is 0 Å². The molecular weight excluding hydrogens is 599 g/mol. The summed E-state index contributed by atoms with van der Waals surface area (Å²) in [5.41, 5.74) is 1.20. The molecule has 0 saturated carbocycles. The lowest BCUT2D eigenvalue weighted by Crippen LogP contribution is -2.66. The summed E-state index contributed by atoms with van der Waals surface area (Å²) in [6.45, 7) is 17.4. The molecule has 0 aromatic heterocycles. The molecule has 14 heteroatoms. The second-order valence-corrected chi connectivity index (χ2v) is 22.3. The molecule has 0 spiro atoms. The Balaban J connectivity index is 1.28. The van der Waals surface area contributed by atoms with Crippen LogP contribution >= 0.6 is 0 Å². The van der Waals surface area contributed by atoms with Crippen molar-refractivity contribution in [1.82, 2.24) is 9.80 Å². The molecule has 6 rings (SSSR count). The Bertz CT molecular complexity index is 1360. The Hall–Kier alpha value is -2.60. The molecule has 5 heterocycles. The van der Waals surface area contributed by atoms with Gasteiger partial charge in [-0.3, -0.25) is 14.6 Å². The summed E-state index contributed by atoms with van der Waals surface area (Å²) in [7, 11) is -5.76. The normalized spacial score (nSPS) is 32.4. The SMILES string of the molecule is CC(C)[Si]1(C(C)C)OC[C@H]2O[C@@H](N3C=N[C@H]4C(N5C(=O)c6ccccc6C5=O)=NC=N[C@H]43)[C@H](O)[C@@H]2O[Si](C(C)C)(C(C)C)O1. The van der Waals surface area contributed by atoms with Gasteiger partial charge in [0.25, 0.3) is 11.8 Å².